The molecule has 1 aliphatic heterocycles. The molecule has 45 heavy (non-hydrogen) atoms. The lowest BCUT2D eigenvalue weighted by Gasteiger charge is -2.33. The van der Waals surface area contributed by atoms with Crippen LogP contribution in [0.5, 0.6) is 5.75 Å². The highest BCUT2D eigenvalue weighted by molar-refractivity contribution is 5.84. The number of hydrogen-bond donors (Lipinski definition) is 2. The van der Waals surface area contributed by atoms with Gasteiger partial charge in [0, 0.05) is 38.3 Å². The van der Waals surface area contributed by atoms with Gasteiger partial charge in [-0.05, 0) is 53.1 Å². The van der Waals surface area contributed by atoms with E-state index in [9.17, 15) is 19.5 Å². The molecule has 4 aromatic carbocycles. The summed E-state index contributed by atoms with van der Waals surface area (Å²) in [4.78, 5) is 40.2. The minimum absolute atomic E-state index is 0.0191. The largest absolute Gasteiger partial charge is 0.489 e. The molecule has 7 nitrogen and oxygen atoms in total. The van der Waals surface area contributed by atoms with Gasteiger partial charge in [0.1, 0.15) is 18.4 Å². The number of ether oxygens (including phenoxy) is 1. The van der Waals surface area contributed by atoms with Crippen molar-refractivity contribution in [2.45, 2.75) is 50.7 Å². The molecule has 1 aliphatic rings. The highest BCUT2D eigenvalue weighted by Gasteiger charge is 2.28. The number of carbonyl (C=O) groups excluding carboxylic acids is 2. The lowest BCUT2D eigenvalue weighted by molar-refractivity contribution is -0.142. The Morgan fingerprint density at radius 1 is 0.756 bits per heavy atom. The van der Waals surface area contributed by atoms with Crippen LogP contribution in [0.25, 0.3) is 0 Å². The molecule has 2 N–H and O–H groups in total. The highest BCUT2D eigenvalue weighted by Crippen LogP contribution is 2.30. The van der Waals surface area contributed by atoms with Gasteiger partial charge < -0.3 is 20.1 Å². The van der Waals surface area contributed by atoms with Gasteiger partial charge >= 0.3 is 5.97 Å². The van der Waals surface area contributed by atoms with Crippen LogP contribution in [0, 0.1) is 5.92 Å². The first-order chi connectivity index (χ1) is 21.9. The fourth-order valence-corrected chi connectivity index (χ4v) is 5.90. The average Bonchev–Trinajstić information content (AvgIpc) is 3.08. The maximum atomic E-state index is 13.4. The predicted octanol–water partition coefficient (Wildman–Crippen LogP) is 6.23. The maximum Gasteiger partial charge on any atom is 0.326 e. The summed E-state index contributed by atoms with van der Waals surface area (Å²) in [6.07, 6.45) is 2.23. The van der Waals surface area contributed by atoms with Gasteiger partial charge in [0.15, 0.2) is 0 Å². The second-order valence-corrected chi connectivity index (χ2v) is 11.7. The molecule has 1 atom stereocenters. The topological polar surface area (TPSA) is 95.9 Å². The van der Waals surface area contributed by atoms with Gasteiger partial charge in [-0.1, -0.05) is 103 Å². The van der Waals surface area contributed by atoms with E-state index in [2.05, 4.69) is 29.6 Å². The Morgan fingerprint density at radius 2 is 1.31 bits per heavy atom. The van der Waals surface area contributed by atoms with Gasteiger partial charge in [-0.2, -0.15) is 0 Å². The van der Waals surface area contributed by atoms with Crippen LogP contribution in [0.15, 0.2) is 115 Å². The molecule has 4 aromatic rings. The summed E-state index contributed by atoms with van der Waals surface area (Å²) >= 11 is 0. The summed E-state index contributed by atoms with van der Waals surface area (Å²) in [5.41, 5.74) is 4.09. The Morgan fingerprint density at radius 3 is 1.87 bits per heavy atom. The van der Waals surface area contributed by atoms with Crippen molar-refractivity contribution in [2.24, 2.45) is 5.92 Å². The summed E-state index contributed by atoms with van der Waals surface area (Å²) in [5.74, 6) is -0.460. The van der Waals surface area contributed by atoms with E-state index in [1.54, 1.807) is 0 Å². The van der Waals surface area contributed by atoms with Crippen LogP contribution in [0.2, 0.25) is 0 Å². The van der Waals surface area contributed by atoms with Crippen molar-refractivity contribution >= 4 is 17.8 Å². The molecule has 1 saturated heterocycles. The fourth-order valence-electron chi connectivity index (χ4n) is 5.90. The number of nitrogens with zero attached hydrogens (tertiary/aromatic N) is 1. The van der Waals surface area contributed by atoms with Gasteiger partial charge in [-0.25, -0.2) is 4.79 Å². The molecule has 1 heterocycles. The molecule has 0 unspecified atom stereocenters. The second kappa shape index (κ2) is 15.7. The first kappa shape index (κ1) is 31.5. The van der Waals surface area contributed by atoms with Crippen LogP contribution in [0.4, 0.5) is 0 Å². The minimum Gasteiger partial charge on any atom is -0.489 e. The van der Waals surface area contributed by atoms with Crippen molar-refractivity contribution in [3.05, 3.63) is 138 Å². The molecule has 0 aromatic heterocycles. The van der Waals surface area contributed by atoms with E-state index < -0.39 is 12.0 Å². The Bertz CT molecular complexity index is 1480. The van der Waals surface area contributed by atoms with Gasteiger partial charge in [-0.15, -0.1) is 0 Å². The lowest BCUT2D eigenvalue weighted by Crippen LogP contribution is -2.44. The molecule has 0 aliphatic carbocycles. The normalized spacial score (nSPS) is 14.1. The van der Waals surface area contributed by atoms with Crippen LogP contribution in [0.1, 0.15) is 53.9 Å². The Labute approximate surface area is 264 Å². The number of rotatable bonds is 13. The van der Waals surface area contributed by atoms with Crippen LogP contribution in [-0.4, -0.2) is 46.9 Å². The van der Waals surface area contributed by atoms with Crippen molar-refractivity contribution in [3.8, 4) is 5.75 Å². The molecular formula is C38H40N2O5. The van der Waals surface area contributed by atoms with Crippen LogP contribution in [0.3, 0.4) is 0 Å². The number of nitrogens with one attached hydrogen (secondary N) is 1. The Balaban J connectivity index is 1.08. The summed E-state index contributed by atoms with van der Waals surface area (Å²) < 4.78 is 5.82. The zero-order valence-electron chi connectivity index (χ0n) is 25.4. The van der Waals surface area contributed by atoms with Crippen molar-refractivity contribution in [1.29, 1.82) is 0 Å². The predicted molar refractivity (Wildman–Crippen MR) is 174 cm³/mol. The third kappa shape index (κ3) is 9.29. The molecule has 5 rings (SSSR count). The molecule has 0 bridgehead atoms. The maximum absolute atomic E-state index is 13.4. The fraction of sp³-hybridized carbons (Fsp3) is 0.289. The summed E-state index contributed by atoms with van der Waals surface area (Å²) in [7, 11) is 0. The number of carboxylic acids is 1. The van der Waals surface area contributed by atoms with E-state index in [4.69, 9.17) is 4.74 Å². The van der Waals surface area contributed by atoms with Crippen molar-refractivity contribution in [1.82, 2.24) is 10.2 Å². The number of amides is 2. The van der Waals surface area contributed by atoms with Gasteiger partial charge in [-0.3, -0.25) is 9.59 Å². The van der Waals surface area contributed by atoms with E-state index in [1.165, 1.54) is 0 Å². The Kier molecular flexibility index (Phi) is 11.0. The van der Waals surface area contributed by atoms with E-state index in [1.807, 2.05) is 95.9 Å². The molecular weight excluding hydrogens is 564 g/mol. The summed E-state index contributed by atoms with van der Waals surface area (Å²) in [5, 5.41) is 12.5. The zero-order valence-corrected chi connectivity index (χ0v) is 25.4. The molecule has 0 spiro atoms. The number of aliphatic carboxylic acids is 1. The third-order valence-electron chi connectivity index (χ3n) is 8.47. The molecule has 0 saturated carbocycles. The van der Waals surface area contributed by atoms with Crippen LogP contribution >= 0.6 is 0 Å². The second-order valence-electron chi connectivity index (χ2n) is 11.7. The number of hydrogen-bond acceptors (Lipinski definition) is 4. The zero-order chi connectivity index (χ0) is 31.4. The first-order valence-corrected chi connectivity index (χ1v) is 15.6. The molecule has 232 valence electrons. The molecule has 7 heteroatoms. The highest BCUT2D eigenvalue weighted by atomic mass is 16.5. The van der Waals surface area contributed by atoms with E-state index in [0.29, 0.717) is 44.7 Å². The molecule has 0 radical (unpaired) electrons. The van der Waals surface area contributed by atoms with Crippen molar-refractivity contribution in [3.63, 3.8) is 0 Å². The quantitative estimate of drug-likeness (QED) is 0.189. The summed E-state index contributed by atoms with van der Waals surface area (Å²) in [6, 6.07) is 36.3. The smallest absolute Gasteiger partial charge is 0.326 e. The van der Waals surface area contributed by atoms with Crippen LogP contribution in [-0.2, 0) is 27.4 Å². The summed E-state index contributed by atoms with van der Waals surface area (Å²) in [6.45, 7) is 1.63. The lowest BCUT2D eigenvalue weighted by atomic mass is 9.87. The van der Waals surface area contributed by atoms with Crippen molar-refractivity contribution in [2.75, 3.05) is 13.1 Å². The number of carbonyl (C=O) groups is 3. The van der Waals surface area contributed by atoms with E-state index in [-0.39, 0.29) is 36.5 Å². The number of piperidine rings is 1. The number of benzene rings is 4. The SMILES string of the molecule is O=C(CC1CCN(C(=O)CC(c2ccccc2)c2ccccc2)CC1)N[C@@H](Cc1ccc(OCc2ccccc2)cc1)C(=O)O. The van der Waals surface area contributed by atoms with Gasteiger partial charge in [0.05, 0.1) is 0 Å². The number of likely N-dealkylation sites (tertiary alicyclic amines) is 1. The Hall–Kier alpha value is -4.91. The van der Waals surface area contributed by atoms with E-state index >= 15 is 0 Å². The standard InChI is InChI=1S/C38H40N2O5/c41-36(39-35(38(43)44)24-28-16-18-33(19-17-28)45-27-30-10-4-1-5-11-30)25-29-20-22-40(23-21-29)37(42)26-34(31-12-6-2-7-13-31)32-14-8-3-9-15-32/h1-19,29,34-35H,20-27H2,(H,39,41)(H,43,44)/t35-/m0/s1. The first-order valence-electron chi connectivity index (χ1n) is 15.6. The molecule has 1 fully saturated rings. The van der Waals surface area contributed by atoms with Gasteiger partial charge in [0.2, 0.25) is 11.8 Å². The van der Waals surface area contributed by atoms with Crippen molar-refractivity contribution < 1.29 is 24.2 Å². The monoisotopic (exact) mass is 604 g/mol. The minimum atomic E-state index is -1.07. The third-order valence-corrected chi connectivity index (χ3v) is 8.47. The van der Waals surface area contributed by atoms with Crippen LogP contribution < -0.4 is 10.1 Å². The average molecular weight is 605 g/mol. The number of carboxylic acid groups (broad SMARTS) is 1. The van der Waals surface area contributed by atoms with E-state index in [0.717, 1.165) is 22.3 Å². The van der Waals surface area contributed by atoms with Gasteiger partial charge in [0.25, 0.3) is 0 Å². The molecule has 2 amide bonds.